The van der Waals surface area contributed by atoms with E-state index < -0.39 is 17.2 Å². The molecular formula is C16H13N3O5S. The number of hydrogen-bond acceptors (Lipinski definition) is 8. The lowest BCUT2D eigenvalue weighted by molar-refractivity contribution is 0.0340. The third-order valence-electron chi connectivity index (χ3n) is 3.44. The highest BCUT2D eigenvalue weighted by molar-refractivity contribution is 7.98. The zero-order valence-corrected chi connectivity index (χ0v) is 14.2. The summed E-state index contributed by atoms with van der Waals surface area (Å²) in [5, 5.41) is 8.50. The molecule has 0 amide bonds. The Morgan fingerprint density at radius 1 is 1.28 bits per heavy atom. The number of esters is 1. The first kappa shape index (κ1) is 16.9. The number of fused-ring (bicyclic) bond motifs is 1. The number of rotatable bonds is 4. The minimum Gasteiger partial charge on any atom is -0.440 e. The number of carbonyl (C=O) groups is 1. The van der Waals surface area contributed by atoms with Crippen molar-refractivity contribution in [1.29, 1.82) is 0 Å². The number of aromatic nitrogens is 3. The minimum absolute atomic E-state index is 0.180. The molecule has 0 aliphatic heterocycles. The molecule has 0 aliphatic rings. The van der Waals surface area contributed by atoms with E-state index in [0.29, 0.717) is 16.1 Å². The van der Waals surface area contributed by atoms with Gasteiger partial charge in [0.2, 0.25) is 0 Å². The smallest absolute Gasteiger partial charge is 0.351 e. The van der Waals surface area contributed by atoms with Gasteiger partial charge in [0.1, 0.15) is 16.8 Å². The monoisotopic (exact) mass is 359 g/mol. The number of hydrogen-bond donors (Lipinski definition) is 0. The molecule has 9 heteroatoms. The van der Waals surface area contributed by atoms with Crippen molar-refractivity contribution >= 4 is 28.7 Å². The van der Waals surface area contributed by atoms with Gasteiger partial charge < -0.3 is 9.15 Å². The Bertz CT molecular complexity index is 1070. The van der Waals surface area contributed by atoms with Crippen molar-refractivity contribution in [1.82, 2.24) is 14.8 Å². The molecule has 1 aromatic carbocycles. The van der Waals surface area contributed by atoms with E-state index >= 15 is 0 Å². The molecule has 0 fully saturated rings. The third-order valence-corrected chi connectivity index (χ3v) is 4.11. The van der Waals surface area contributed by atoms with Gasteiger partial charge in [0.05, 0.1) is 0 Å². The molecule has 0 bridgehead atoms. The van der Waals surface area contributed by atoms with Gasteiger partial charge in [0.15, 0.2) is 11.9 Å². The molecule has 25 heavy (non-hydrogen) atoms. The summed E-state index contributed by atoms with van der Waals surface area (Å²) < 4.78 is 11.4. The lowest BCUT2D eigenvalue weighted by Gasteiger charge is -2.10. The molecule has 2 aromatic heterocycles. The molecule has 0 atom stereocenters. The summed E-state index contributed by atoms with van der Waals surface area (Å²) in [4.78, 5) is 36.3. The van der Waals surface area contributed by atoms with Crippen LogP contribution in [0.1, 0.15) is 16.1 Å². The number of thioether (sulfide) groups is 1. The highest BCUT2D eigenvalue weighted by Crippen LogP contribution is 2.13. The minimum atomic E-state index is -0.882. The van der Waals surface area contributed by atoms with Crippen LogP contribution in [-0.2, 0) is 11.5 Å². The van der Waals surface area contributed by atoms with Crippen molar-refractivity contribution in [3.05, 3.63) is 62.4 Å². The topological polar surface area (TPSA) is 104 Å². The normalized spacial score (nSPS) is 10.8. The molecule has 8 nitrogen and oxygen atoms in total. The van der Waals surface area contributed by atoms with Crippen molar-refractivity contribution in [2.24, 2.45) is 0 Å². The Kier molecular flexibility index (Phi) is 4.66. The summed E-state index contributed by atoms with van der Waals surface area (Å²) in [7, 11) is 0. The zero-order chi connectivity index (χ0) is 18.0. The predicted molar refractivity (Wildman–Crippen MR) is 90.7 cm³/mol. The van der Waals surface area contributed by atoms with Gasteiger partial charge in [-0.3, -0.25) is 4.79 Å². The molecule has 3 aromatic rings. The van der Waals surface area contributed by atoms with Crippen molar-refractivity contribution in [3.8, 4) is 0 Å². The second kappa shape index (κ2) is 6.89. The fourth-order valence-corrected chi connectivity index (χ4v) is 2.65. The van der Waals surface area contributed by atoms with E-state index in [2.05, 4.69) is 10.2 Å². The van der Waals surface area contributed by atoms with Crippen LogP contribution in [0.15, 0.2) is 49.5 Å². The van der Waals surface area contributed by atoms with E-state index in [1.807, 2.05) is 0 Å². The molecule has 0 N–H and O–H groups in total. The van der Waals surface area contributed by atoms with E-state index in [9.17, 15) is 14.4 Å². The second-order valence-corrected chi connectivity index (χ2v) is 5.82. The molecule has 0 spiro atoms. The Labute approximate surface area is 145 Å². The van der Waals surface area contributed by atoms with Crippen LogP contribution >= 0.6 is 11.8 Å². The number of ether oxygens (including phenoxy) is 1. The molecule has 0 unspecified atom stereocenters. The maximum atomic E-state index is 12.2. The second-order valence-electron chi connectivity index (χ2n) is 5.05. The number of para-hydroxylation sites is 1. The first-order valence-electron chi connectivity index (χ1n) is 7.19. The van der Waals surface area contributed by atoms with Gasteiger partial charge in [0.25, 0.3) is 5.56 Å². The predicted octanol–water partition coefficient (Wildman–Crippen LogP) is 1.59. The average Bonchev–Trinajstić information content (AvgIpc) is 2.62. The highest BCUT2D eigenvalue weighted by Gasteiger charge is 2.17. The van der Waals surface area contributed by atoms with Crippen LogP contribution in [0.2, 0.25) is 0 Å². The summed E-state index contributed by atoms with van der Waals surface area (Å²) in [6.07, 6.45) is 1.72. The largest absolute Gasteiger partial charge is 0.440 e. The van der Waals surface area contributed by atoms with Crippen LogP contribution in [0.5, 0.6) is 0 Å². The summed E-state index contributed by atoms with van der Waals surface area (Å²) in [5.41, 5.74) is -0.906. The van der Waals surface area contributed by atoms with Crippen molar-refractivity contribution in [2.45, 2.75) is 18.8 Å². The lowest BCUT2D eigenvalue weighted by atomic mass is 10.2. The third kappa shape index (κ3) is 3.31. The first-order valence-corrected chi connectivity index (χ1v) is 8.42. The van der Waals surface area contributed by atoms with E-state index in [4.69, 9.17) is 9.15 Å². The highest BCUT2D eigenvalue weighted by atomic mass is 32.2. The van der Waals surface area contributed by atoms with Crippen LogP contribution in [0.3, 0.4) is 0 Å². The summed E-state index contributed by atoms with van der Waals surface area (Å²) >= 11 is 1.19. The van der Waals surface area contributed by atoms with Crippen molar-refractivity contribution < 1.29 is 13.9 Å². The van der Waals surface area contributed by atoms with E-state index in [1.165, 1.54) is 29.3 Å². The molecule has 0 radical (unpaired) electrons. The van der Waals surface area contributed by atoms with E-state index in [-0.39, 0.29) is 18.0 Å². The summed E-state index contributed by atoms with van der Waals surface area (Å²) in [6.45, 7) is 1.13. The van der Waals surface area contributed by atoms with Gasteiger partial charge >= 0.3 is 11.6 Å². The summed E-state index contributed by atoms with van der Waals surface area (Å²) in [6, 6.07) is 8.21. The standard InChI is InChI=1S/C16H13N3O5S/c1-9-13(20)19(16(25-2)18-17-9)8-23-14(21)11-7-10-5-3-4-6-12(10)24-15(11)22/h3-7H,8H2,1-2H3. The fraction of sp³-hybridized carbons (Fsp3) is 0.188. The fourth-order valence-electron chi connectivity index (χ4n) is 2.17. The van der Waals surface area contributed by atoms with Crippen LogP contribution in [0.25, 0.3) is 11.0 Å². The Morgan fingerprint density at radius 3 is 2.80 bits per heavy atom. The number of benzene rings is 1. The maximum absolute atomic E-state index is 12.2. The zero-order valence-electron chi connectivity index (χ0n) is 13.4. The lowest BCUT2D eigenvalue weighted by Crippen LogP contribution is -2.29. The molecular weight excluding hydrogens is 346 g/mol. The maximum Gasteiger partial charge on any atom is 0.351 e. The quantitative estimate of drug-likeness (QED) is 0.393. The number of nitrogens with zero attached hydrogens (tertiary/aromatic N) is 3. The van der Waals surface area contributed by atoms with Gasteiger partial charge in [-0.2, -0.15) is 0 Å². The van der Waals surface area contributed by atoms with E-state index in [1.54, 1.807) is 30.5 Å². The number of carbonyl (C=O) groups excluding carboxylic acids is 1. The Balaban J connectivity index is 1.89. The Hall–Kier alpha value is -2.94. The molecule has 3 rings (SSSR count). The van der Waals surface area contributed by atoms with Crippen molar-refractivity contribution in [2.75, 3.05) is 6.26 Å². The van der Waals surface area contributed by atoms with Crippen LogP contribution in [0, 0.1) is 6.92 Å². The summed E-state index contributed by atoms with van der Waals surface area (Å²) in [5.74, 6) is -0.882. The SMILES string of the molecule is CSc1nnc(C)c(=O)n1COC(=O)c1cc2ccccc2oc1=O. The van der Waals surface area contributed by atoms with Crippen LogP contribution < -0.4 is 11.2 Å². The molecule has 2 heterocycles. The van der Waals surface area contributed by atoms with Crippen molar-refractivity contribution in [3.63, 3.8) is 0 Å². The van der Waals surface area contributed by atoms with Gasteiger partial charge in [-0.05, 0) is 25.3 Å². The first-order chi connectivity index (χ1) is 12.0. The molecule has 0 aliphatic carbocycles. The molecule has 0 saturated carbocycles. The van der Waals surface area contributed by atoms with Gasteiger partial charge in [-0.1, -0.05) is 30.0 Å². The molecule has 0 saturated heterocycles. The van der Waals surface area contributed by atoms with Crippen LogP contribution in [-0.4, -0.2) is 27.0 Å². The van der Waals surface area contributed by atoms with Crippen LogP contribution in [0.4, 0.5) is 0 Å². The number of aryl methyl sites for hydroxylation is 1. The Morgan fingerprint density at radius 2 is 2.04 bits per heavy atom. The van der Waals surface area contributed by atoms with Gasteiger partial charge in [-0.15, -0.1) is 10.2 Å². The van der Waals surface area contributed by atoms with E-state index in [0.717, 1.165) is 0 Å². The van der Waals surface area contributed by atoms with Gasteiger partial charge in [0, 0.05) is 5.39 Å². The van der Waals surface area contributed by atoms with Gasteiger partial charge in [-0.25, -0.2) is 14.2 Å². The average molecular weight is 359 g/mol. The molecule has 128 valence electrons.